The largest absolute Gasteiger partial charge is 0.493 e. The van der Waals surface area contributed by atoms with Gasteiger partial charge in [0.15, 0.2) is 11.5 Å². The second-order valence-electron chi connectivity index (χ2n) is 3.67. The summed E-state index contributed by atoms with van der Waals surface area (Å²) in [6, 6.07) is 3.23. The highest BCUT2D eigenvalue weighted by molar-refractivity contribution is 5.56. The van der Waals surface area contributed by atoms with Crippen LogP contribution in [-0.2, 0) is 0 Å². The van der Waals surface area contributed by atoms with Crippen LogP contribution in [0, 0.1) is 0 Å². The molecule has 6 nitrogen and oxygen atoms in total. The van der Waals surface area contributed by atoms with E-state index < -0.39 is 12.2 Å². The van der Waals surface area contributed by atoms with Gasteiger partial charge >= 0.3 is 0 Å². The van der Waals surface area contributed by atoms with Crippen molar-refractivity contribution in [2.45, 2.75) is 12.2 Å². The van der Waals surface area contributed by atoms with Crippen molar-refractivity contribution in [3.05, 3.63) is 17.7 Å². The second kappa shape index (κ2) is 6.44. The van der Waals surface area contributed by atoms with Gasteiger partial charge in [0, 0.05) is 12.1 Å². The van der Waals surface area contributed by atoms with Crippen molar-refractivity contribution in [1.82, 2.24) is 0 Å². The summed E-state index contributed by atoms with van der Waals surface area (Å²) in [6.45, 7) is -0.0569. The summed E-state index contributed by atoms with van der Waals surface area (Å²) in [5.41, 5.74) is 5.72. The summed E-state index contributed by atoms with van der Waals surface area (Å²) < 4.78 is 15.5. The Morgan fingerprint density at radius 1 is 1.06 bits per heavy atom. The van der Waals surface area contributed by atoms with Crippen LogP contribution in [0.3, 0.4) is 0 Å². The van der Waals surface area contributed by atoms with Crippen LogP contribution < -0.4 is 19.9 Å². The Bertz CT molecular complexity index is 396. The number of methoxy groups -OCH3 is 3. The molecular weight excluding hydrogens is 238 g/mol. The SMILES string of the molecule is COc1ccc(C(O)C(O)CN)c(OC)c1OC. The lowest BCUT2D eigenvalue weighted by atomic mass is 10.0. The lowest BCUT2D eigenvalue weighted by molar-refractivity contribution is 0.0227. The molecule has 0 saturated heterocycles. The minimum absolute atomic E-state index is 0.0569. The fourth-order valence-corrected chi connectivity index (χ4v) is 1.69. The Morgan fingerprint density at radius 3 is 2.11 bits per heavy atom. The maximum Gasteiger partial charge on any atom is 0.203 e. The average Bonchev–Trinajstić information content (AvgIpc) is 2.43. The van der Waals surface area contributed by atoms with E-state index in [1.165, 1.54) is 21.3 Å². The van der Waals surface area contributed by atoms with Gasteiger partial charge in [0.2, 0.25) is 5.75 Å². The zero-order valence-corrected chi connectivity index (χ0v) is 10.7. The highest BCUT2D eigenvalue weighted by atomic mass is 16.5. The van der Waals surface area contributed by atoms with Gasteiger partial charge < -0.3 is 30.2 Å². The molecule has 0 fully saturated rings. The number of rotatable bonds is 6. The molecule has 0 amide bonds. The van der Waals surface area contributed by atoms with E-state index >= 15 is 0 Å². The van der Waals surface area contributed by atoms with E-state index in [0.29, 0.717) is 22.8 Å². The van der Waals surface area contributed by atoms with Crippen molar-refractivity contribution in [2.75, 3.05) is 27.9 Å². The predicted molar refractivity (Wildman–Crippen MR) is 66.1 cm³/mol. The molecule has 6 heteroatoms. The van der Waals surface area contributed by atoms with E-state index in [1.54, 1.807) is 12.1 Å². The van der Waals surface area contributed by atoms with E-state index in [9.17, 15) is 10.2 Å². The fraction of sp³-hybridized carbons (Fsp3) is 0.500. The van der Waals surface area contributed by atoms with Crippen molar-refractivity contribution in [3.63, 3.8) is 0 Å². The molecule has 0 spiro atoms. The maximum absolute atomic E-state index is 9.98. The van der Waals surface area contributed by atoms with Crippen LogP contribution in [0.1, 0.15) is 11.7 Å². The van der Waals surface area contributed by atoms with Crippen LogP contribution in [-0.4, -0.2) is 44.2 Å². The van der Waals surface area contributed by atoms with Crippen LogP contribution in [0.25, 0.3) is 0 Å². The van der Waals surface area contributed by atoms with Crippen molar-refractivity contribution in [2.24, 2.45) is 5.73 Å². The first-order valence-corrected chi connectivity index (χ1v) is 5.45. The number of benzene rings is 1. The molecule has 2 atom stereocenters. The Hall–Kier alpha value is -1.50. The zero-order valence-electron chi connectivity index (χ0n) is 10.7. The van der Waals surface area contributed by atoms with Gasteiger partial charge in [0.1, 0.15) is 6.10 Å². The summed E-state index contributed by atoms with van der Waals surface area (Å²) in [7, 11) is 4.42. The van der Waals surface area contributed by atoms with Crippen LogP contribution in [0.2, 0.25) is 0 Å². The van der Waals surface area contributed by atoms with Crippen molar-refractivity contribution < 1.29 is 24.4 Å². The second-order valence-corrected chi connectivity index (χ2v) is 3.67. The molecular formula is C12H19NO5. The highest BCUT2D eigenvalue weighted by Crippen LogP contribution is 2.42. The Balaban J connectivity index is 3.28. The quantitative estimate of drug-likeness (QED) is 0.667. The van der Waals surface area contributed by atoms with E-state index in [-0.39, 0.29) is 6.54 Å². The predicted octanol–water partition coefficient (Wildman–Crippen LogP) is 0.0654. The molecule has 0 aliphatic rings. The summed E-state index contributed by atoms with van der Waals surface area (Å²) in [5, 5.41) is 19.6. The van der Waals surface area contributed by atoms with Gasteiger partial charge in [-0.1, -0.05) is 0 Å². The number of hydrogen-bond acceptors (Lipinski definition) is 6. The van der Waals surface area contributed by atoms with E-state index in [1.807, 2.05) is 0 Å². The van der Waals surface area contributed by atoms with E-state index in [2.05, 4.69) is 0 Å². The fourth-order valence-electron chi connectivity index (χ4n) is 1.69. The van der Waals surface area contributed by atoms with Gasteiger partial charge in [0.25, 0.3) is 0 Å². The van der Waals surface area contributed by atoms with E-state index in [4.69, 9.17) is 19.9 Å². The molecule has 1 rings (SSSR count). The molecule has 18 heavy (non-hydrogen) atoms. The Kier molecular flexibility index (Phi) is 5.21. The van der Waals surface area contributed by atoms with Crippen molar-refractivity contribution in [3.8, 4) is 17.2 Å². The smallest absolute Gasteiger partial charge is 0.203 e. The van der Waals surface area contributed by atoms with Crippen LogP contribution >= 0.6 is 0 Å². The molecule has 0 aliphatic heterocycles. The third-order valence-electron chi connectivity index (χ3n) is 2.66. The summed E-state index contributed by atoms with van der Waals surface area (Å²) in [6.07, 6.45) is -2.22. The Morgan fingerprint density at radius 2 is 1.67 bits per heavy atom. The monoisotopic (exact) mass is 257 g/mol. The lowest BCUT2D eigenvalue weighted by Crippen LogP contribution is -2.27. The number of hydrogen-bond donors (Lipinski definition) is 3. The molecule has 1 aromatic rings. The van der Waals surface area contributed by atoms with Gasteiger partial charge in [-0.3, -0.25) is 0 Å². The van der Waals surface area contributed by atoms with Crippen LogP contribution in [0.15, 0.2) is 12.1 Å². The first-order chi connectivity index (χ1) is 8.60. The van der Waals surface area contributed by atoms with Gasteiger partial charge in [-0.2, -0.15) is 0 Å². The summed E-state index contributed by atoms with van der Waals surface area (Å²) >= 11 is 0. The molecule has 0 saturated carbocycles. The zero-order chi connectivity index (χ0) is 13.7. The molecule has 0 aliphatic carbocycles. The van der Waals surface area contributed by atoms with Crippen molar-refractivity contribution >= 4 is 0 Å². The molecule has 0 aromatic heterocycles. The normalized spacial score (nSPS) is 13.9. The third kappa shape index (κ3) is 2.66. The standard InChI is InChI=1S/C12H19NO5/c1-16-9-5-4-7(10(15)8(14)6-13)11(17-2)12(9)18-3/h4-5,8,10,14-15H,6,13H2,1-3H3. The lowest BCUT2D eigenvalue weighted by Gasteiger charge is -2.21. The molecule has 0 bridgehead atoms. The minimum atomic E-state index is -1.15. The van der Waals surface area contributed by atoms with Crippen molar-refractivity contribution in [1.29, 1.82) is 0 Å². The van der Waals surface area contributed by atoms with Crippen LogP contribution in [0.5, 0.6) is 17.2 Å². The molecule has 2 unspecified atom stereocenters. The highest BCUT2D eigenvalue weighted by Gasteiger charge is 2.25. The van der Waals surface area contributed by atoms with Gasteiger partial charge in [-0.05, 0) is 12.1 Å². The number of ether oxygens (including phenoxy) is 3. The third-order valence-corrected chi connectivity index (χ3v) is 2.66. The van der Waals surface area contributed by atoms with Gasteiger partial charge in [-0.15, -0.1) is 0 Å². The summed E-state index contributed by atoms with van der Waals surface area (Å²) in [4.78, 5) is 0. The van der Waals surface area contributed by atoms with Crippen LogP contribution in [0.4, 0.5) is 0 Å². The number of aliphatic hydroxyl groups is 2. The number of aliphatic hydroxyl groups excluding tert-OH is 2. The molecule has 0 heterocycles. The first-order valence-electron chi connectivity index (χ1n) is 5.45. The van der Waals surface area contributed by atoms with Gasteiger partial charge in [0.05, 0.1) is 27.4 Å². The molecule has 0 radical (unpaired) electrons. The van der Waals surface area contributed by atoms with Gasteiger partial charge in [-0.25, -0.2) is 0 Å². The topological polar surface area (TPSA) is 94.2 Å². The Labute approximate surface area is 106 Å². The average molecular weight is 257 g/mol. The molecule has 1 aromatic carbocycles. The minimum Gasteiger partial charge on any atom is -0.493 e. The number of nitrogens with two attached hydrogens (primary N) is 1. The summed E-state index contributed by atoms with van der Waals surface area (Å²) in [5.74, 6) is 1.16. The molecule has 4 N–H and O–H groups in total. The maximum atomic E-state index is 9.98. The van der Waals surface area contributed by atoms with E-state index in [0.717, 1.165) is 0 Å². The molecule has 102 valence electrons. The first kappa shape index (κ1) is 14.6.